The van der Waals surface area contributed by atoms with E-state index < -0.39 is 12.3 Å². The molecule has 1 aliphatic heterocycles. The monoisotopic (exact) mass is 544 g/mol. The number of aliphatic hydroxyl groups excluding tert-OH is 1. The number of aromatic nitrogens is 2. The first-order valence-electron chi connectivity index (χ1n) is 12.1. The molecule has 0 atom stereocenters. The smallest absolute Gasteiger partial charge is 0.511 e. The van der Waals surface area contributed by atoms with E-state index >= 15 is 0 Å². The largest absolute Gasteiger partial charge is 0.573 e. The van der Waals surface area contributed by atoms with Gasteiger partial charge >= 0.3 is 6.36 Å². The Balaban J connectivity index is 1.33. The summed E-state index contributed by atoms with van der Waals surface area (Å²) in [7, 11) is 0. The normalized spacial score (nSPS) is 14.2. The van der Waals surface area contributed by atoms with Crippen LogP contribution in [-0.2, 0) is 17.8 Å². The van der Waals surface area contributed by atoms with Crippen LogP contribution in [0, 0.1) is 0 Å². The van der Waals surface area contributed by atoms with Gasteiger partial charge in [-0.1, -0.05) is 24.8 Å². The molecule has 0 unspecified atom stereocenters. The fourth-order valence-electron chi connectivity index (χ4n) is 4.29. The maximum absolute atomic E-state index is 12.7. The number of hydrogen-bond donors (Lipinski definition) is 2. The van der Waals surface area contributed by atoms with E-state index in [-0.39, 0.29) is 42.0 Å². The molecule has 0 radical (unpaired) electrons. The van der Waals surface area contributed by atoms with Crippen LogP contribution < -0.4 is 15.2 Å². The van der Waals surface area contributed by atoms with Gasteiger partial charge in [0.05, 0.1) is 24.7 Å². The Morgan fingerprint density at radius 1 is 1.10 bits per heavy atom. The van der Waals surface area contributed by atoms with E-state index in [1.807, 2.05) is 0 Å². The second-order valence-corrected chi connectivity index (χ2v) is 9.13. The van der Waals surface area contributed by atoms with Crippen LogP contribution in [0.1, 0.15) is 28.8 Å². The third kappa shape index (κ3) is 7.53. The Bertz CT molecular complexity index is 1350. The Kier molecular flexibility index (Phi) is 8.12. The number of primary amides is 1. The number of likely N-dealkylation sites (tertiary alicyclic amines) is 1. The number of carbonyl (C=O) groups is 2. The van der Waals surface area contributed by atoms with Gasteiger partial charge in [0.2, 0.25) is 5.91 Å². The van der Waals surface area contributed by atoms with Crippen molar-refractivity contribution in [2.75, 3.05) is 13.1 Å². The van der Waals surface area contributed by atoms with Crippen molar-refractivity contribution in [3.8, 4) is 22.6 Å². The summed E-state index contributed by atoms with van der Waals surface area (Å²) in [5, 5.41) is 13.5. The predicted octanol–water partition coefficient (Wildman–Crippen LogP) is 4.23. The van der Waals surface area contributed by atoms with Crippen molar-refractivity contribution in [1.82, 2.24) is 14.7 Å². The molecule has 3 N–H and O–H groups in total. The summed E-state index contributed by atoms with van der Waals surface area (Å²) in [5.74, 6) is -0.836. The summed E-state index contributed by atoms with van der Waals surface area (Å²) in [4.78, 5) is 26.5. The summed E-state index contributed by atoms with van der Waals surface area (Å²) in [5.41, 5.74) is 7.82. The van der Waals surface area contributed by atoms with Crippen LogP contribution in [0.3, 0.4) is 0 Å². The van der Waals surface area contributed by atoms with Gasteiger partial charge in [-0.3, -0.25) is 14.3 Å². The van der Waals surface area contributed by atoms with Crippen molar-refractivity contribution in [2.24, 2.45) is 5.73 Å². The van der Waals surface area contributed by atoms with Crippen molar-refractivity contribution in [2.45, 2.75) is 38.3 Å². The van der Waals surface area contributed by atoms with Gasteiger partial charge in [0.1, 0.15) is 23.4 Å². The Hall–Kier alpha value is -4.48. The predicted molar refractivity (Wildman–Crippen MR) is 135 cm³/mol. The molecular formula is C27H27F3N4O5. The van der Waals surface area contributed by atoms with Crippen LogP contribution in [0.25, 0.3) is 11.1 Å². The lowest BCUT2D eigenvalue weighted by Crippen LogP contribution is -2.42. The number of ether oxygens (including phenoxy) is 2. The average Bonchev–Trinajstić information content (AvgIpc) is 3.32. The van der Waals surface area contributed by atoms with Crippen molar-refractivity contribution in [1.29, 1.82) is 0 Å². The number of benzene rings is 2. The van der Waals surface area contributed by atoms with E-state index in [2.05, 4.69) is 16.4 Å². The molecule has 39 heavy (non-hydrogen) atoms. The molecule has 0 bridgehead atoms. The lowest BCUT2D eigenvalue weighted by atomic mass is 10.0. The molecule has 0 aliphatic carbocycles. The van der Waals surface area contributed by atoms with Crippen LogP contribution in [0.5, 0.6) is 11.5 Å². The number of nitrogens with two attached hydrogens (primary N) is 1. The number of rotatable bonds is 9. The number of hydrogen-bond acceptors (Lipinski definition) is 6. The van der Waals surface area contributed by atoms with E-state index in [9.17, 15) is 27.9 Å². The summed E-state index contributed by atoms with van der Waals surface area (Å²) >= 11 is 0. The highest BCUT2D eigenvalue weighted by atomic mass is 19.4. The minimum atomic E-state index is -4.77. The summed E-state index contributed by atoms with van der Waals surface area (Å²) in [6.07, 6.45) is -0.598. The van der Waals surface area contributed by atoms with Crippen LogP contribution in [-0.4, -0.2) is 57.2 Å². The van der Waals surface area contributed by atoms with E-state index in [1.165, 1.54) is 28.9 Å². The number of nitrogens with zero attached hydrogens (tertiary/aromatic N) is 3. The molecular weight excluding hydrogens is 517 g/mol. The van der Waals surface area contributed by atoms with Crippen molar-refractivity contribution >= 4 is 11.8 Å². The number of aliphatic hydroxyl groups is 1. The number of alkyl halides is 3. The second kappa shape index (κ2) is 11.5. The van der Waals surface area contributed by atoms with Gasteiger partial charge in [-0.25, -0.2) is 0 Å². The molecule has 2 amide bonds. The minimum Gasteiger partial charge on any atom is -0.511 e. The van der Waals surface area contributed by atoms with Crippen molar-refractivity contribution in [3.05, 3.63) is 78.3 Å². The third-order valence-corrected chi connectivity index (χ3v) is 6.16. The number of amides is 2. The molecule has 206 valence electrons. The minimum absolute atomic E-state index is 0.0346. The first-order valence-corrected chi connectivity index (χ1v) is 12.1. The fourth-order valence-corrected chi connectivity index (χ4v) is 4.29. The second-order valence-electron chi connectivity index (χ2n) is 9.13. The lowest BCUT2D eigenvalue weighted by molar-refractivity contribution is -0.274. The van der Waals surface area contributed by atoms with E-state index in [4.69, 9.17) is 10.5 Å². The molecule has 1 aromatic heterocycles. The van der Waals surface area contributed by atoms with Gasteiger partial charge in [0.15, 0.2) is 0 Å². The Labute approximate surface area is 222 Å². The van der Waals surface area contributed by atoms with Crippen molar-refractivity contribution in [3.63, 3.8) is 0 Å². The third-order valence-electron chi connectivity index (χ3n) is 6.16. The SMILES string of the molecule is C=C(O)Cn1cc(-c2ccc(OC3CCN(C(=O)Cc4ccc(OC(F)(F)F)cc4)CC3)c(C(N)=O)c2)cn1. The number of allylic oxidation sites excluding steroid dienone is 1. The molecule has 0 saturated carbocycles. The molecule has 2 heterocycles. The summed E-state index contributed by atoms with van der Waals surface area (Å²) < 4.78 is 48.4. The van der Waals surface area contributed by atoms with Gasteiger partial charge in [-0.2, -0.15) is 5.10 Å². The topological polar surface area (TPSA) is 120 Å². The zero-order valence-corrected chi connectivity index (χ0v) is 20.9. The zero-order chi connectivity index (χ0) is 28.2. The lowest BCUT2D eigenvalue weighted by Gasteiger charge is -2.32. The van der Waals surface area contributed by atoms with E-state index in [0.717, 1.165) is 5.56 Å². The van der Waals surface area contributed by atoms with Gasteiger partial charge in [-0.15, -0.1) is 13.2 Å². The highest BCUT2D eigenvalue weighted by Crippen LogP contribution is 2.29. The molecule has 1 saturated heterocycles. The van der Waals surface area contributed by atoms with E-state index in [0.29, 0.717) is 42.8 Å². The van der Waals surface area contributed by atoms with Crippen LogP contribution in [0.4, 0.5) is 13.2 Å². The van der Waals surface area contributed by atoms with Crippen LogP contribution >= 0.6 is 0 Å². The maximum atomic E-state index is 12.7. The van der Waals surface area contributed by atoms with Gasteiger partial charge in [0, 0.05) is 37.7 Å². The first-order chi connectivity index (χ1) is 18.5. The quantitative estimate of drug-likeness (QED) is 0.389. The Morgan fingerprint density at radius 2 is 1.79 bits per heavy atom. The zero-order valence-electron chi connectivity index (χ0n) is 20.9. The fraction of sp³-hybridized carbons (Fsp3) is 0.296. The highest BCUT2D eigenvalue weighted by molar-refractivity contribution is 5.97. The van der Waals surface area contributed by atoms with Crippen molar-refractivity contribution < 1.29 is 37.3 Å². The first kappa shape index (κ1) is 27.6. The van der Waals surface area contributed by atoms with E-state index in [1.54, 1.807) is 35.5 Å². The van der Waals surface area contributed by atoms with Gasteiger partial charge in [-0.05, 0) is 35.4 Å². The summed E-state index contributed by atoms with van der Waals surface area (Å²) in [6, 6.07) is 10.3. The number of piperidine rings is 1. The molecule has 3 aromatic rings. The molecule has 9 nitrogen and oxygen atoms in total. The van der Waals surface area contributed by atoms with Crippen LogP contribution in [0.2, 0.25) is 0 Å². The molecule has 2 aromatic carbocycles. The molecule has 0 spiro atoms. The van der Waals surface area contributed by atoms with Gasteiger partial charge in [0.25, 0.3) is 5.91 Å². The van der Waals surface area contributed by atoms with Gasteiger partial charge < -0.3 is 25.2 Å². The average molecular weight is 545 g/mol. The highest BCUT2D eigenvalue weighted by Gasteiger charge is 2.31. The Morgan fingerprint density at radius 3 is 2.41 bits per heavy atom. The standard InChI is InChI=1S/C27H27F3N4O5/c1-17(35)15-34-16-20(14-32-34)19-4-7-24(23(13-19)26(31)37)38-21-8-10-33(11-9-21)25(36)12-18-2-5-22(6-3-18)39-27(28,29)30/h2-7,13-14,16,21,35H,1,8-12,15H2,(H2,31,37). The van der Waals surface area contributed by atoms with Crippen LogP contribution in [0.15, 0.2) is 67.2 Å². The molecule has 1 fully saturated rings. The number of halogens is 3. The molecule has 12 heteroatoms. The molecule has 1 aliphatic rings. The molecule has 4 rings (SSSR count). The maximum Gasteiger partial charge on any atom is 0.573 e. The number of carbonyl (C=O) groups excluding carboxylic acids is 2. The summed E-state index contributed by atoms with van der Waals surface area (Å²) in [6.45, 7) is 4.45.